The number of nitro groups is 1. The van der Waals surface area contributed by atoms with Crippen molar-refractivity contribution >= 4 is 23.0 Å². The summed E-state index contributed by atoms with van der Waals surface area (Å²) in [5, 5.41) is 20.4. The predicted octanol–water partition coefficient (Wildman–Crippen LogP) is 1.39. The number of nitrogens with zero attached hydrogens (tertiary/aromatic N) is 3. The van der Waals surface area contributed by atoms with Crippen LogP contribution in [-0.4, -0.2) is 21.0 Å². The van der Waals surface area contributed by atoms with Gasteiger partial charge in [0, 0.05) is 18.7 Å². The van der Waals surface area contributed by atoms with Gasteiger partial charge in [-0.1, -0.05) is 5.16 Å². The van der Waals surface area contributed by atoms with Crippen LogP contribution in [-0.2, 0) is 17.8 Å². The van der Waals surface area contributed by atoms with Crippen molar-refractivity contribution in [2.75, 3.05) is 10.6 Å². The molecule has 0 aliphatic carbocycles. The molecule has 1 aliphatic heterocycles. The quantitative estimate of drug-likeness (QED) is 0.643. The van der Waals surface area contributed by atoms with Crippen LogP contribution in [0.1, 0.15) is 17.3 Å². The highest BCUT2D eigenvalue weighted by molar-refractivity contribution is 6.00. The Labute approximate surface area is 118 Å². The lowest BCUT2D eigenvalue weighted by atomic mass is 10.1. The largest absolute Gasteiger partial charge is 0.372 e. The number of benzene rings is 1. The number of carbonyl (C=O) groups is 1. The number of hydrogen-bond donors (Lipinski definition) is 2. The third kappa shape index (κ3) is 2.53. The minimum atomic E-state index is -0.493. The van der Waals surface area contributed by atoms with Crippen LogP contribution in [0.5, 0.6) is 0 Å². The minimum Gasteiger partial charge on any atom is -0.372 e. The summed E-state index contributed by atoms with van der Waals surface area (Å²) in [5.74, 6) is 0.638. The summed E-state index contributed by atoms with van der Waals surface area (Å²) in [6.45, 7) is 1.84. The first-order chi connectivity index (χ1) is 10.0. The molecule has 9 heteroatoms. The molecular formula is C12H11N5O4. The smallest absolute Gasteiger partial charge is 0.292 e. The Morgan fingerprint density at radius 3 is 3.00 bits per heavy atom. The standard InChI is InChI=1S/C12H11N5O4/c1-6-14-11(16-21-6)5-13-9-4-8-7(3-12(18)15-8)2-10(9)17(19)20/h2,4,13H,3,5H2,1H3,(H,15,18). The number of aryl methyl sites for hydroxylation is 1. The van der Waals surface area contributed by atoms with Gasteiger partial charge in [-0.15, -0.1) is 0 Å². The predicted molar refractivity (Wildman–Crippen MR) is 71.8 cm³/mol. The molecule has 0 spiro atoms. The molecule has 1 amide bonds. The number of aromatic nitrogens is 2. The molecule has 2 aromatic rings. The van der Waals surface area contributed by atoms with Gasteiger partial charge in [0.1, 0.15) is 5.69 Å². The number of anilines is 2. The molecule has 3 rings (SSSR count). The van der Waals surface area contributed by atoms with Gasteiger partial charge in [-0.2, -0.15) is 4.98 Å². The van der Waals surface area contributed by atoms with Gasteiger partial charge in [0.05, 0.1) is 17.9 Å². The third-order valence-electron chi connectivity index (χ3n) is 3.05. The Bertz CT molecular complexity index is 739. The molecule has 0 fully saturated rings. The third-order valence-corrected chi connectivity index (χ3v) is 3.05. The van der Waals surface area contributed by atoms with Gasteiger partial charge in [0.25, 0.3) is 5.69 Å². The van der Waals surface area contributed by atoms with Crippen LogP contribution in [0.2, 0.25) is 0 Å². The van der Waals surface area contributed by atoms with Crippen molar-refractivity contribution in [1.82, 2.24) is 10.1 Å². The van der Waals surface area contributed by atoms with E-state index in [-0.39, 0.29) is 24.6 Å². The zero-order chi connectivity index (χ0) is 15.0. The first-order valence-corrected chi connectivity index (χ1v) is 6.17. The van der Waals surface area contributed by atoms with Gasteiger partial charge >= 0.3 is 0 Å². The van der Waals surface area contributed by atoms with E-state index in [1.165, 1.54) is 6.07 Å². The van der Waals surface area contributed by atoms with Crippen LogP contribution in [0.3, 0.4) is 0 Å². The van der Waals surface area contributed by atoms with Crippen molar-refractivity contribution in [3.63, 3.8) is 0 Å². The van der Waals surface area contributed by atoms with Gasteiger partial charge in [-0.05, 0) is 11.6 Å². The van der Waals surface area contributed by atoms with Crippen LogP contribution in [0.25, 0.3) is 0 Å². The molecule has 2 N–H and O–H groups in total. The maximum Gasteiger partial charge on any atom is 0.292 e. The second kappa shape index (κ2) is 4.85. The van der Waals surface area contributed by atoms with Gasteiger partial charge < -0.3 is 15.2 Å². The van der Waals surface area contributed by atoms with Gasteiger partial charge in [0.2, 0.25) is 11.8 Å². The number of fused-ring (bicyclic) bond motifs is 1. The van der Waals surface area contributed by atoms with E-state index in [1.807, 2.05) is 0 Å². The number of hydrogen-bond acceptors (Lipinski definition) is 7. The monoisotopic (exact) mass is 289 g/mol. The molecule has 9 nitrogen and oxygen atoms in total. The van der Waals surface area contributed by atoms with E-state index in [4.69, 9.17) is 4.52 Å². The SMILES string of the molecule is Cc1nc(CNc2cc3c(cc2[N+](=O)[O-])CC(=O)N3)no1. The maximum absolute atomic E-state index is 11.3. The van der Waals surface area contributed by atoms with Crippen molar-refractivity contribution in [2.24, 2.45) is 0 Å². The highest BCUT2D eigenvalue weighted by atomic mass is 16.6. The molecule has 1 aliphatic rings. The summed E-state index contributed by atoms with van der Waals surface area (Å²) in [5.41, 5.74) is 1.40. The number of amides is 1. The molecule has 108 valence electrons. The Hall–Kier alpha value is -2.97. The van der Waals surface area contributed by atoms with Crippen molar-refractivity contribution in [2.45, 2.75) is 19.9 Å². The summed E-state index contributed by atoms with van der Waals surface area (Å²) in [6.07, 6.45) is 0.153. The number of carbonyl (C=O) groups excluding carboxylic acids is 1. The molecule has 0 atom stereocenters. The fraction of sp³-hybridized carbons (Fsp3) is 0.250. The van der Waals surface area contributed by atoms with Crippen LogP contribution in [0.4, 0.5) is 17.1 Å². The fourth-order valence-corrected chi connectivity index (χ4v) is 2.14. The normalized spacial score (nSPS) is 12.9. The van der Waals surface area contributed by atoms with E-state index in [2.05, 4.69) is 20.8 Å². The lowest BCUT2D eigenvalue weighted by Crippen LogP contribution is -2.05. The van der Waals surface area contributed by atoms with Crippen molar-refractivity contribution in [3.8, 4) is 0 Å². The molecule has 0 radical (unpaired) electrons. The lowest BCUT2D eigenvalue weighted by molar-refractivity contribution is -0.384. The molecule has 21 heavy (non-hydrogen) atoms. The minimum absolute atomic E-state index is 0.0922. The Kier molecular flexibility index (Phi) is 3.01. The lowest BCUT2D eigenvalue weighted by Gasteiger charge is -2.07. The van der Waals surface area contributed by atoms with Crippen molar-refractivity contribution < 1.29 is 14.2 Å². The summed E-state index contributed by atoms with van der Waals surface area (Å²) in [7, 11) is 0. The Morgan fingerprint density at radius 1 is 1.52 bits per heavy atom. The molecule has 0 saturated heterocycles. The van der Waals surface area contributed by atoms with Gasteiger partial charge in [-0.3, -0.25) is 14.9 Å². The van der Waals surface area contributed by atoms with E-state index in [1.54, 1.807) is 13.0 Å². The summed E-state index contributed by atoms with van der Waals surface area (Å²) in [4.78, 5) is 26.0. The maximum atomic E-state index is 11.3. The van der Waals surface area contributed by atoms with E-state index >= 15 is 0 Å². The molecule has 2 heterocycles. The second-order valence-corrected chi connectivity index (χ2v) is 4.59. The average molecular weight is 289 g/mol. The number of rotatable bonds is 4. The van der Waals surface area contributed by atoms with Gasteiger partial charge in [-0.25, -0.2) is 0 Å². The topological polar surface area (TPSA) is 123 Å². The average Bonchev–Trinajstić information content (AvgIpc) is 2.99. The molecular weight excluding hydrogens is 278 g/mol. The van der Waals surface area contributed by atoms with Gasteiger partial charge in [0.15, 0.2) is 5.82 Å². The van der Waals surface area contributed by atoms with Crippen molar-refractivity contribution in [1.29, 1.82) is 0 Å². The van der Waals surface area contributed by atoms with Crippen LogP contribution in [0, 0.1) is 17.0 Å². The second-order valence-electron chi connectivity index (χ2n) is 4.59. The highest BCUT2D eigenvalue weighted by Crippen LogP contribution is 2.34. The fourth-order valence-electron chi connectivity index (χ4n) is 2.14. The van der Waals surface area contributed by atoms with Crippen LogP contribution in [0.15, 0.2) is 16.7 Å². The zero-order valence-corrected chi connectivity index (χ0v) is 11.0. The summed E-state index contributed by atoms with van der Waals surface area (Å²) in [6, 6.07) is 2.95. The van der Waals surface area contributed by atoms with Crippen molar-refractivity contribution in [3.05, 3.63) is 39.5 Å². The zero-order valence-electron chi connectivity index (χ0n) is 11.0. The summed E-state index contributed by atoms with van der Waals surface area (Å²) < 4.78 is 4.83. The van der Waals surface area contributed by atoms with E-state index < -0.39 is 4.92 Å². The molecule has 0 unspecified atom stereocenters. The summed E-state index contributed by atoms with van der Waals surface area (Å²) >= 11 is 0. The highest BCUT2D eigenvalue weighted by Gasteiger charge is 2.24. The molecule has 0 saturated carbocycles. The van der Waals surface area contributed by atoms with Crippen LogP contribution >= 0.6 is 0 Å². The molecule has 0 bridgehead atoms. The Balaban J connectivity index is 1.88. The van der Waals surface area contributed by atoms with E-state index in [9.17, 15) is 14.9 Å². The number of nitro benzene ring substituents is 1. The molecule has 1 aromatic carbocycles. The molecule has 1 aromatic heterocycles. The number of nitrogens with one attached hydrogen (secondary N) is 2. The van der Waals surface area contributed by atoms with E-state index in [0.717, 1.165) is 0 Å². The first kappa shape index (κ1) is 13.0. The first-order valence-electron chi connectivity index (χ1n) is 6.17. The Morgan fingerprint density at radius 2 is 2.33 bits per heavy atom. The van der Waals surface area contributed by atoms with Crippen LogP contribution < -0.4 is 10.6 Å². The van der Waals surface area contributed by atoms with E-state index in [0.29, 0.717) is 28.7 Å².